The Bertz CT molecular complexity index is 1530. The first-order chi connectivity index (χ1) is 18.7. The van der Waals surface area contributed by atoms with E-state index in [2.05, 4.69) is 11.8 Å². The second kappa shape index (κ2) is 12.3. The van der Waals surface area contributed by atoms with Gasteiger partial charge in [-0.05, 0) is 48.0 Å². The van der Waals surface area contributed by atoms with Gasteiger partial charge in [0.1, 0.15) is 25.0 Å². The number of para-hydroxylation sites is 1. The number of sulfonamides is 1. The molecule has 0 bridgehead atoms. The Labute approximate surface area is 231 Å². The van der Waals surface area contributed by atoms with Gasteiger partial charge in [0, 0.05) is 19.3 Å². The number of carbonyl (C=O) groups is 2. The van der Waals surface area contributed by atoms with Crippen molar-refractivity contribution in [3.63, 3.8) is 0 Å². The van der Waals surface area contributed by atoms with Gasteiger partial charge in [0.25, 0.3) is 5.91 Å². The maximum absolute atomic E-state index is 13.8. The van der Waals surface area contributed by atoms with Crippen LogP contribution >= 0.6 is 11.6 Å². The van der Waals surface area contributed by atoms with Gasteiger partial charge in [-0.2, -0.15) is 4.31 Å². The number of carboxylic acids is 1. The van der Waals surface area contributed by atoms with Crippen molar-refractivity contribution in [1.82, 2.24) is 4.31 Å². The SMILES string of the molecule is COCC#CCOc1ccc(S(=O)(=O)N2Cc3ccccc3N(C(=O)c3ccccc3Cl)CC2C(=O)O)cc1. The lowest BCUT2D eigenvalue weighted by Crippen LogP contribution is -2.50. The maximum atomic E-state index is 13.8. The normalized spacial score (nSPS) is 15.4. The molecule has 0 saturated heterocycles. The quantitative estimate of drug-likeness (QED) is 0.433. The molecule has 1 atom stereocenters. The molecule has 0 aromatic heterocycles. The Morgan fingerprint density at radius 3 is 2.36 bits per heavy atom. The van der Waals surface area contributed by atoms with Crippen LogP contribution in [0.5, 0.6) is 5.75 Å². The minimum Gasteiger partial charge on any atom is -0.481 e. The van der Waals surface area contributed by atoms with E-state index in [1.54, 1.807) is 42.5 Å². The van der Waals surface area contributed by atoms with E-state index in [0.29, 0.717) is 17.0 Å². The highest BCUT2D eigenvalue weighted by molar-refractivity contribution is 7.89. The summed E-state index contributed by atoms with van der Waals surface area (Å²) in [4.78, 5) is 27.2. The number of carbonyl (C=O) groups excluding carboxylic acids is 1. The Kier molecular flexibility index (Phi) is 8.89. The standard InChI is InChI=1S/C28H25ClN2O7S/c1-37-16-6-7-17-38-21-12-14-22(15-13-21)39(35,36)31-18-20-8-2-5-11-25(20)30(19-26(31)28(33)34)27(32)23-9-3-4-10-24(23)29/h2-5,8-15,26H,16-19H2,1H3,(H,33,34). The number of ether oxygens (including phenoxy) is 2. The van der Waals surface area contributed by atoms with Crippen LogP contribution in [0, 0.1) is 11.8 Å². The third-order valence-corrected chi connectivity index (χ3v) is 8.23. The highest BCUT2D eigenvalue weighted by Gasteiger charge is 2.41. The molecule has 9 nitrogen and oxygen atoms in total. The van der Waals surface area contributed by atoms with E-state index in [4.69, 9.17) is 21.1 Å². The average Bonchev–Trinajstić information content (AvgIpc) is 3.11. The molecule has 1 N–H and O–H groups in total. The molecule has 1 amide bonds. The first-order valence-electron chi connectivity index (χ1n) is 11.8. The summed E-state index contributed by atoms with van der Waals surface area (Å²) in [5.41, 5.74) is 1.06. The number of halogens is 1. The zero-order valence-corrected chi connectivity index (χ0v) is 22.5. The van der Waals surface area contributed by atoms with Gasteiger partial charge in [-0.25, -0.2) is 8.42 Å². The lowest BCUT2D eigenvalue weighted by Gasteiger charge is -2.28. The first kappa shape index (κ1) is 28.1. The Morgan fingerprint density at radius 1 is 1.00 bits per heavy atom. The number of nitrogens with zero attached hydrogens (tertiary/aromatic N) is 2. The van der Waals surface area contributed by atoms with Gasteiger partial charge in [0.05, 0.1) is 22.0 Å². The summed E-state index contributed by atoms with van der Waals surface area (Å²) in [6, 6.07) is 17.2. The van der Waals surface area contributed by atoms with Crippen LogP contribution in [0.4, 0.5) is 5.69 Å². The van der Waals surface area contributed by atoms with Crippen LogP contribution in [0.3, 0.4) is 0 Å². The molecule has 202 valence electrons. The van der Waals surface area contributed by atoms with E-state index in [0.717, 1.165) is 4.31 Å². The van der Waals surface area contributed by atoms with Crippen molar-refractivity contribution < 1.29 is 32.6 Å². The van der Waals surface area contributed by atoms with E-state index in [1.807, 2.05) is 0 Å². The molecule has 39 heavy (non-hydrogen) atoms. The summed E-state index contributed by atoms with van der Waals surface area (Å²) in [6.07, 6.45) is 0. The Balaban J connectivity index is 1.68. The number of carboxylic acid groups (broad SMARTS) is 1. The van der Waals surface area contributed by atoms with Gasteiger partial charge < -0.3 is 19.5 Å². The molecule has 4 rings (SSSR count). The number of anilines is 1. The first-order valence-corrected chi connectivity index (χ1v) is 13.6. The number of methoxy groups -OCH3 is 1. The lowest BCUT2D eigenvalue weighted by molar-refractivity contribution is -0.141. The fourth-order valence-electron chi connectivity index (χ4n) is 4.11. The fraction of sp³-hybridized carbons (Fsp3) is 0.214. The van der Waals surface area contributed by atoms with Crippen molar-refractivity contribution in [3.05, 3.63) is 88.9 Å². The van der Waals surface area contributed by atoms with E-state index in [9.17, 15) is 23.1 Å². The number of fused-ring (bicyclic) bond motifs is 1. The minimum absolute atomic E-state index is 0.0920. The average molecular weight is 569 g/mol. The number of rotatable bonds is 7. The van der Waals surface area contributed by atoms with Crippen LogP contribution in [-0.2, 0) is 26.1 Å². The molecule has 0 fully saturated rings. The number of aliphatic carboxylic acids is 1. The van der Waals surface area contributed by atoms with E-state index in [-0.39, 0.29) is 35.2 Å². The van der Waals surface area contributed by atoms with Gasteiger partial charge in [-0.15, -0.1) is 0 Å². The van der Waals surface area contributed by atoms with Crippen LogP contribution in [0.15, 0.2) is 77.7 Å². The van der Waals surface area contributed by atoms with Crippen LogP contribution in [-0.4, -0.2) is 62.6 Å². The maximum Gasteiger partial charge on any atom is 0.323 e. The summed E-state index contributed by atoms with van der Waals surface area (Å²) >= 11 is 6.26. The topological polar surface area (TPSA) is 113 Å². The summed E-state index contributed by atoms with van der Waals surface area (Å²) in [6.45, 7) is -0.313. The van der Waals surface area contributed by atoms with Crippen molar-refractivity contribution in [3.8, 4) is 17.6 Å². The molecule has 1 aliphatic heterocycles. The van der Waals surface area contributed by atoms with Crippen molar-refractivity contribution in [2.75, 3.05) is 31.8 Å². The van der Waals surface area contributed by atoms with Gasteiger partial charge in [-0.3, -0.25) is 9.59 Å². The minimum atomic E-state index is -4.31. The van der Waals surface area contributed by atoms with Crippen LogP contribution in [0.1, 0.15) is 15.9 Å². The second-order valence-corrected chi connectivity index (χ2v) is 10.8. The molecule has 11 heteroatoms. The molecule has 0 aliphatic carbocycles. The summed E-state index contributed by atoms with van der Waals surface area (Å²) in [5, 5.41) is 10.3. The predicted octanol–water partition coefficient (Wildman–Crippen LogP) is 3.67. The fourth-order valence-corrected chi connectivity index (χ4v) is 5.88. The number of hydrogen-bond acceptors (Lipinski definition) is 6. The van der Waals surface area contributed by atoms with Gasteiger partial charge in [-0.1, -0.05) is 53.8 Å². The molecule has 1 unspecified atom stereocenters. The van der Waals surface area contributed by atoms with E-state index >= 15 is 0 Å². The lowest BCUT2D eigenvalue weighted by atomic mass is 10.1. The van der Waals surface area contributed by atoms with E-state index in [1.165, 1.54) is 42.3 Å². The highest BCUT2D eigenvalue weighted by Crippen LogP contribution is 2.33. The summed E-state index contributed by atoms with van der Waals surface area (Å²) in [5.74, 6) is 3.98. The van der Waals surface area contributed by atoms with Crippen molar-refractivity contribution >= 4 is 39.2 Å². The molecule has 3 aromatic carbocycles. The molecular weight excluding hydrogens is 544 g/mol. The molecule has 3 aromatic rings. The molecule has 0 spiro atoms. The van der Waals surface area contributed by atoms with Gasteiger partial charge in [0.15, 0.2) is 0 Å². The number of benzene rings is 3. The predicted molar refractivity (Wildman–Crippen MR) is 145 cm³/mol. The monoisotopic (exact) mass is 568 g/mol. The molecule has 0 radical (unpaired) electrons. The van der Waals surface area contributed by atoms with E-state index < -0.39 is 34.5 Å². The van der Waals surface area contributed by atoms with Crippen LogP contribution in [0.25, 0.3) is 0 Å². The zero-order chi connectivity index (χ0) is 28.0. The van der Waals surface area contributed by atoms with Crippen molar-refractivity contribution in [1.29, 1.82) is 0 Å². The Morgan fingerprint density at radius 2 is 1.67 bits per heavy atom. The van der Waals surface area contributed by atoms with Crippen molar-refractivity contribution in [2.45, 2.75) is 17.5 Å². The molecular formula is C28H25ClN2O7S. The van der Waals surface area contributed by atoms with Gasteiger partial charge >= 0.3 is 5.97 Å². The van der Waals surface area contributed by atoms with Gasteiger partial charge in [0.2, 0.25) is 10.0 Å². The Hall–Kier alpha value is -3.88. The molecule has 1 heterocycles. The largest absolute Gasteiger partial charge is 0.481 e. The second-order valence-electron chi connectivity index (χ2n) is 8.48. The number of amides is 1. The zero-order valence-electron chi connectivity index (χ0n) is 20.9. The van der Waals surface area contributed by atoms with Crippen LogP contribution < -0.4 is 9.64 Å². The summed E-state index contributed by atoms with van der Waals surface area (Å²) in [7, 11) is -2.78. The highest BCUT2D eigenvalue weighted by atomic mass is 35.5. The van der Waals surface area contributed by atoms with Crippen LogP contribution in [0.2, 0.25) is 5.02 Å². The summed E-state index contributed by atoms with van der Waals surface area (Å²) < 4.78 is 38.8. The third kappa shape index (κ3) is 6.24. The number of hydrogen-bond donors (Lipinski definition) is 1. The molecule has 1 aliphatic rings. The molecule has 0 saturated carbocycles. The smallest absolute Gasteiger partial charge is 0.323 e. The van der Waals surface area contributed by atoms with Crippen molar-refractivity contribution in [2.24, 2.45) is 0 Å². The third-order valence-electron chi connectivity index (χ3n) is 6.03.